The summed E-state index contributed by atoms with van der Waals surface area (Å²) in [6.07, 6.45) is -0.258. The average Bonchev–Trinajstić information content (AvgIpc) is 3.08. The van der Waals surface area contributed by atoms with Crippen LogP contribution in [0.3, 0.4) is 0 Å². The first-order valence-electron chi connectivity index (χ1n) is 10.6. The highest BCUT2D eigenvalue weighted by Crippen LogP contribution is 2.32. The van der Waals surface area contributed by atoms with E-state index in [4.69, 9.17) is 9.47 Å². The smallest absolute Gasteiger partial charge is 0.336 e. The Balaban J connectivity index is 1.60. The predicted octanol–water partition coefficient (Wildman–Crippen LogP) is 4.48. The number of hydrogen-bond donors (Lipinski definition) is 0. The third kappa shape index (κ3) is 4.72. The van der Waals surface area contributed by atoms with Gasteiger partial charge < -0.3 is 9.47 Å². The first kappa shape index (κ1) is 22.1. The fourth-order valence-electron chi connectivity index (χ4n) is 3.69. The molecule has 0 bridgehead atoms. The second-order valence-corrected chi connectivity index (χ2v) is 7.73. The summed E-state index contributed by atoms with van der Waals surface area (Å²) in [6.45, 7) is 2.02. The van der Waals surface area contributed by atoms with Gasteiger partial charge in [-0.1, -0.05) is 48.0 Å². The molecule has 1 unspecified atom stereocenters. The van der Waals surface area contributed by atoms with Crippen LogP contribution in [0.4, 0.5) is 16.2 Å². The van der Waals surface area contributed by atoms with E-state index in [1.54, 1.807) is 43.5 Å². The van der Waals surface area contributed by atoms with Gasteiger partial charge in [-0.05, 0) is 48.9 Å². The van der Waals surface area contributed by atoms with Gasteiger partial charge in [0, 0.05) is 5.69 Å². The highest BCUT2D eigenvalue weighted by molar-refractivity contribution is 6.29. The van der Waals surface area contributed by atoms with E-state index in [9.17, 15) is 14.4 Å². The Bertz CT molecular complexity index is 1140. The molecule has 1 heterocycles. The highest BCUT2D eigenvalue weighted by Gasteiger charge is 2.47. The Morgan fingerprint density at radius 3 is 2.15 bits per heavy atom. The van der Waals surface area contributed by atoms with Gasteiger partial charge in [-0.25, -0.2) is 9.69 Å². The molecule has 1 saturated heterocycles. The molecule has 1 atom stereocenters. The van der Waals surface area contributed by atoms with Crippen LogP contribution in [-0.4, -0.2) is 31.1 Å². The Labute approximate surface area is 192 Å². The van der Waals surface area contributed by atoms with Crippen molar-refractivity contribution in [3.05, 3.63) is 90.0 Å². The number of nitrogens with zero attached hydrogens (tertiary/aromatic N) is 2. The summed E-state index contributed by atoms with van der Waals surface area (Å²) in [6, 6.07) is 21.6. The zero-order valence-corrected chi connectivity index (χ0v) is 18.4. The summed E-state index contributed by atoms with van der Waals surface area (Å²) in [5, 5.41) is 0. The maximum atomic E-state index is 13.4. The van der Waals surface area contributed by atoms with Gasteiger partial charge in [0.05, 0.1) is 19.2 Å². The van der Waals surface area contributed by atoms with Crippen molar-refractivity contribution >= 4 is 29.3 Å². The molecule has 0 aromatic heterocycles. The van der Waals surface area contributed by atoms with Gasteiger partial charge >= 0.3 is 12.0 Å². The molecule has 1 fully saturated rings. The number of carbonyl (C=O) groups excluding carboxylic acids is 3. The Kier molecular flexibility index (Phi) is 6.40. The number of amides is 3. The van der Waals surface area contributed by atoms with E-state index >= 15 is 0 Å². The molecule has 0 aliphatic carbocycles. The van der Waals surface area contributed by atoms with Crippen molar-refractivity contribution in [2.75, 3.05) is 16.9 Å². The van der Waals surface area contributed by atoms with Crippen molar-refractivity contribution in [3.8, 4) is 5.75 Å². The van der Waals surface area contributed by atoms with E-state index in [-0.39, 0.29) is 13.0 Å². The molecule has 3 amide bonds. The quantitative estimate of drug-likeness (QED) is 0.397. The minimum Gasteiger partial charge on any atom is -0.497 e. The molecule has 0 saturated carbocycles. The molecule has 3 aromatic rings. The standard InChI is InChI=1S/C26H24N2O5/c1-18-8-10-21(11-9-18)28-25(30)23(16-24(29)33-17-19-6-4-3-5-7-19)27(26(28)31)20-12-14-22(32-2)15-13-20/h3-15,23H,16-17H2,1-2H3. The van der Waals surface area contributed by atoms with Crippen molar-refractivity contribution in [3.63, 3.8) is 0 Å². The van der Waals surface area contributed by atoms with Crippen LogP contribution in [0, 0.1) is 6.92 Å². The molecule has 4 rings (SSSR count). The number of esters is 1. The minimum absolute atomic E-state index is 0.0960. The molecule has 7 nitrogen and oxygen atoms in total. The van der Waals surface area contributed by atoms with Crippen LogP contribution < -0.4 is 14.5 Å². The summed E-state index contributed by atoms with van der Waals surface area (Å²) in [5.74, 6) is -0.420. The van der Waals surface area contributed by atoms with Crippen LogP contribution in [0.2, 0.25) is 0 Å². The number of methoxy groups -OCH3 is 1. The van der Waals surface area contributed by atoms with Gasteiger partial charge in [0.1, 0.15) is 18.4 Å². The maximum Gasteiger partial charge on any atom is 0.336 e. The minimum atomic E-state index is -1.02. The SMILES string of the molecule is COc1ccc(N2C(=O)N(c3ccc(C)cc3)C(=O)C2CC(=O)OCc2ccccc2)cc1. The molecule has 1 aliphatic rings. The Morgan fingerprint density at radius 1 is 0.879 bits per heavy atom. The number of imide groups is 1. The topological polar surface area (TPSA) is 76.2 Å². The van der Waals surface area contributed by atoms with E-state index in [1.807, 2.05) is 49.4 Å². The first-order valence-corrected chi connectivity index (χ1v) is 10.6. The number of urea groups is 1. The fraction of sp³-hybridized carbons (Fsp3) is 0.192. The number of anilines is 2. The lowest BCUT2D eigenvalue weighted by atomic mass is 10.1. The van der Waals surface area contributed by atoms with Crippen molar-refractivity contribution < 1.29 is 23.9 Å². The molecule has 0 radical (unpaired) electrons. The van der Waals surface area contributed by atoms with Gasteiger partial charge in [-0.2, -0.15) is 0 Å². The molecular weight excluding hydrogens is 420 g/mol. The number of ether oxygens (including phenoxy) is 2. The summed E-state index contributed by atoms with van der Waals surface area (Å²) in [5.41, 5.74) is 2.79. The van der Waals surface area contributed by atoms with Crippen LogP contribution >= 0.6 is 0 Å². The Hall–Kier alpha value is -4.13. The summed E-state index contributed by atoms with van der Waals surface area (Å²) in [4.78, 5) is 41.8. The van der Waals surface area contributed by atoms with Crippen LogP contribution in [0.15, 0.2) is 78.9 Å². The van der Waals surface area contributed by atoms with Gasteiger partial charge in [-0.3, -0.25) is 14.5 Å². The van der Waals surface area contributed by atoms with E-state index < -0.39 is 23.9 Å². The third-order valence-corrected chi connectivity index (χ3v) is 5.46. The molecule has 7 heteroatoms. The molecule has 1 aliphatic heterocycles. The monoisotopic (exact) mass is 444 g/mol. The summed E-state index contributed by atoms with van der Waals surface area (Å²) >= 11 is 0. The lowest BCUT2D eigenvalue weighted by Gasteiger charge is -2.21. The zero-order valence-electron chi connectivity index (χ0n) is 18.4. The molecule has 33 heavy (non-hydrogen) atoms. The lowest BCUT2D eigenvalue weighted by Crippen LogP contribution is -2.37. The van der Waals surface area contributed by atoms with Crippen LogP contribution in [0.1, 0.15) is 17.5 Å². The molecule has 168 valence electrons. The number of aryl methyl sites for hydroxylation is 1. The van der Waals surface area contributed by atoms with Crippen molar-refractivity contribution in [2.45, 2.75) is 26.0 Å². The van der Waals surface area contributed by atoms with Crippen LogP contribution in [0.25, 0.3) is 0 Å². The zero-order chi connectivity index (χ0) is 23.4. The largest absolute Gasteiger partial charge is 0.497 e. The lowest BCUT2D eigenvalue weighted by molar-refractivity contribution is -0.146. The number of benzene rings is 3. The average molecular weight is 444 g/mol. The summed E-state index contributed by atoms with van der Waals surface area (Å²) in [7, 11) is 1.55. The maximum absolute atomic E-state index is 13.4. The van der Waals surface area contributed by atoms with E-state index in [2.05, 4.69) is 0 Å². The Morgan fingerprint density at radius 2 is 1.52 bits per heavy atom. The van der Waals surface area contributed by atoms with Gasteiger partial charge in [0.15, 0.2) is 0 Å². The van der Waals surface area contributed by atoms with Crippen LogP contribution in [-0.2, 0) is 20.9 Å². The van der Waals surface area contributed by atoms with Crippen molar-refractivity contribution in [1.82, 2.24) is 0 Å². The van der Waals surface area contributed by atoms with Gasteiger partial charge in [0.2, 0.25) is 0 Å². The highest BCUT2D eigenvalue weighted by atomic mass is 16.5. The molecule has 0 N–H and O–H groups in total. The first-order chi connectivity index (χ1) is 16.0. The van der Waals surface area contributed by atoms with Crippen molar-refractivity contribution in [2.24, 2.45) is 0 Å². The second-order valence-electron chi connectivity index (χ2n) is 7.73. The van der Waals surface area contributed by atoms with Crippen molar-refractivity contribution in [1.29, 1.82) is 0 Å². The van der Waals surface area contributed by atoms with Gasteiger partial charge in [-0.15, -0.1) is 0 Å². The number of rotatable bonds is 7. The molecular formula is C26H24N2O5. The second kappa shape index (κ2) is 9.56. The fourth-order valence-corrected chi connectivity index (χ4v) is 3.69. The normalized spacial score (nSPS) is 15.6. The third-order valence-electron chi connectivity index (χ3n) is 5.46. The van der Waals surface area contributed by atoms with Gasteiger partial charge in [0.25, 0.3) is 5.91 Å². The number of hydrogen-bond acceptors (Lipinski definition) is 5. The number of carbonyl (C=O) groups is 3. The molecule has 0 spiro atoms. The molecule has 3 aromatic carbocycles. The van der Waals surface area contributed by atoms with E-state index in [0.29, 0.717) is 17.1 Å². The van der Waals surface area contributed by atoms with Crippen LogP contribution in [0.5, 0.6) is 5.75 Å². The van der Waals surface area contributed by atoms with E-state index in [0.717, 1.165) is 16.0 Å². The predicted molar refractivity (Wildman–Crippen MR) is 124 cm³/mol. The summed E-state index contributed by atoms with van der Waals surface area (Å²) < 4.78 is 10.6. The van der Waals surface area contributed by atoms with E-state index in [1.165, 1.54) is 4.90 Å².